The molecule has 7 atom stereocenters. The van der Waals surface area contributed by atoms with Gasteiger partial charge in [0, 0.05) is 27.7 Å². The third-order valence-corrected chi connectivity index (χ3v) is 4.67. The van der Waals surface area contributed by atoms with Crippen LogP contribution < -0.4 is 5.73 Å². The highest BCUT2D eigenvalue weighted by Gasteiger charge is 2.53. The molecule has 0 spiro atoms. The van der Waals surface area contributed by atoms with E-state index in [0.717, 1.165) is 20.8 Å². The van der Waals surface area contributed by atoms with Crippen molar-refractivity contribution < 1.29 is 61.9 Å². The van der Waals surface area contributed by atoms with E-state index in [1.54, 1.807) is 12.2 Å². The van der Waals surface area contributed by atoms with Crippen LogP contribution in [0, 0.1) is 0 Å². The largest absolute Gasteiger partial charge is 0.463 e. The zero-order chi connectivity index (χ0) is 26.1. The molecule has 1 amide bonds. The van der Waals surface area contributed by atoms with Crippen molar-refractivity contribution in [2.45, 2.75) is 70.6 Å². The Kier molecular flexibility index (Phi) is 10.4. The zero-order valence-corrected chi connectivity index (χ0v) is 19.7. The number of amides is 1. The van der Waals surface area contributed by atoms with Gasteiger partial charge in [0.05, 0.1) is 6.61 Å². The molecule has 0 aromatic heterocycles. The van der Waals surface area contributed by atoms with Gasteiger partial charge in [0.15, 0.2) is 24.6 Å². The van der Waals surface area contributed by atoms with Gasteiger partial charge in [-0.15, -0.1) is 0 Å². The van der Waals surface area contributed by atoms with Crippen molar-refractivity contribution in [3.8, 4) is 0 Å². The van der Waals surface area contributed by atoms with E-state index >= 15 is 0 Å². The van der Waals surface area contributed by atoms with Gasteiger partial charge in [0.2, 0.25) is 0 Å². The lowest BCUT2D eigenvalue weighted by atomic mass is 9.98. The molecule has 14 heteroatoms. The second kappa shape index (κ2) is 13.0. The molecule has 0 saturated carbocycles. The molecule has 1 fully saturated rings. The Morgan fingerprint density at radius 2 is 1.40 bits per heavy atom. The lowest BCUT2D eigenvalue weighted by Gasteiger charge is -2.44. The quantitative estimate of drug-likeness (QED) is 0.241. The third-order valence-electron chi connectivity index (χ3n) is 4.67. The molecule has 2 heterocycles. The van der Waals surface area contributed by atoms with Crippen molar-refractivity contribution in [1.82, 2.24) is 0 Å². The molecule has 0 radical (unpaired) electrons. The SMILES string of the molecule is CC(=O)OC[C@@H]1C=C[C@H](O[C@@H]2O[C@H](COC(C)=O)[C@@H](OC(C)=O)[C@H](OC(N)=O)[C@@H]2OC(C)=O)CO1. The fourth-order valence-corrected chi connectivity index (χ4v) is 3.38. The number of hydrogen-bond acceptors (Lipinski definition) is 13. The van der Waals surface area contributed by atoms with Gasteiger partial charge >= 0.3 is 30.0 Å². The Balaban J connectivity index is 2.28. The maximum atomic E-state index is 11.8. The molecule has 196 valence electrons. The fourth-order valence-electron chi connectivity index (χ4n) is 3.38. The first-order chi connectivity index (χ1) is 16.5. The number of carbonyl (C=O) groups is 5. The smallest absolute Gasteiger partial charge is 0.405 e. The third kappa shape index (κ3) is 9.15. The minimum absolute atomic E-state index is 0.0115. The van der Waals surface area contributed by atoms with Gasteiger partial charge in [-0.05, 0) is 0 Å². The number of nitrogens with two attached hydrogens (primary N) is 1. The van der Waals surface area contributed by atoms with Crippen molar-refractivity contribution in [2.24, 2.45) is 5.73 Å². The number of rotatable bonds is 9. The van der Waals surface area contributed by atoms with Crippen molar-refractivity contribution in [2.75, 3.05) is 19.8 Å². The molecule has 0 aliphatic carbocycles. The first-order valence-electron chi connectivity index (χ1n) is 10.6. The summed E-state index contributed by atoms with van der Waals surface area (Å²) in [5.41, 5.74) is 5.20. The lowest BCUT2D eigenvalue weighted by Crippen LogP contribution is -2.63. The van der Waals surface area contributed by atoms with E-state index in [1.165, 1.54) is 6.92 Å². The Labute approximate surface area is 200 Å². The number of ether oxygens (including phenoxy) is 8. The monoisotopic (exact) mass is 503 g/mol. The summed E-state index contributed by atoms with van der Waals surface area (Å²) in [7, 11) is 0. The fraction of sp³-hybridized carbons (Fsp3) is 0.667. The van der Waals surface area contributed by atoms with E-state index in [1.807, 2.05) is 0 Å². The summed E-state index contributed by atoms with van der Waals surface area (Å²) in [4.78, 5) is 57.5. The molecule has 2 N–H and O–H groups in total. The number of hydrogen-bond donors (Lipinski definition) is 1. The van der Waals surface area contributed by atoms with Crippen LogP contribution in [0.5, 0.6) is 0 Å². The van der Waals surface area contributed by atoms with E-state index in [-0.39, 0.29) is 13.2 Å². The highest BCUT2D eigenvalue weighted by atomic mass is 16.7. The van der Waals surface area contributed by atoms with Crippen LogP contribution in [0.25, 0.3) is 0 Å². The Hall–Kier alpha value is -3.23. The first kappa shape index (κ1) is 28.0. The van der Waals surface area contributed by atoms with Crippen LogP contribution in [-0.4, -0.2) is 92.7 Å². The first-order valence-corrected chi connectivity index (χ1v) is 10.6. The topological polar surface area (TPSA) is 185 Å². The van der Waals surface area contributed by atoms with Gasteiger partial charge in [0.1, 0.15) is 31.5 Å². The molecule has 35 heavy (non-hydrogen) atoms. The van der Waals surface area contributed by atoms with E-state index in [0.29, 0.717) is 0 Å². The summed E-state index contributed by atoms with van der Waals surface area (Å²) in [6.07, 6.45) is -6.00. The molecule has 2 aliphatic heterocycles. The molecule has 14 nitrogen and oxygen atoms in total. The summed E-state index contributed by atoms with van der Waals surface area (Å²) in [5.74, 6) is -2.65. The summed E-state index contributed by atoms with van der Waals surface area (Å²) < 4.78 is 42.9. The van der Waals surface area contributed by atoms with E-state index < -0.39 is 79.5 Å². The van der Waals surface area contributed by atoms with Crippen LogP contribution in [0.1, 0.15) is 27.7 Å². The van der Waals surface area contributed by atoms with Gasteiger partial charge < -0.3 is 43.6 Å². The van der Waals surface area contributed by atoms with Crippen molar-refractivity contribution in [1.29, 1.82) is 0 Å². The van der Waals surface area contributed by atoms with Gasteiger partial charge in [-0.2, -0.15) is 0 Å². The molecular formula is C21H29NO13. The van der Waals surface area contributed by atoms with Crippen molar-refractivity contribution >= 4 is 30.0 Å². The standard InChI is InChI=1S/C21H29NO13/c1-10(23)28-7-14-5-6-15(8-30-14)33-20-19(32-13(4)26)18(35-21(22)27)17(31-12(3)25)16(34-20)9-29-11(2)24/h5-6,14-20H,7-9H2,1-4H3,(H2,22,27)/t14-,15-,16+,17+,18-,19-,20+/m0/s1. The van der Waals surface area contributed by atoms with Crippen molar-refractivity contribution in [3.05, 3.63) is 12.2 Å². The number of esters is 4. The molecule has 0 aromatic carbocycles. The van der Waals surface area contributed by atoms with Gasteiger partial charge in [-0.3, -0.25) is 19.2 Å². The molecular weight excluding hydrogens is 474 g/mol. The molecule has 1 saturated heterocycles. The Bertz CT molecular complexity index is 828. The predicted octanol–water partition coefficient (Wildman–Crippen LogP) is -0.495. The van der Waals surface area contributed by atoms with E-state index in [9.17, 15) is 24.0 Å². The van der Waals surface area contributed by atoms with Crippen LogP contribution in [0.2, 0.25) is 0 Å². The number of primary amides is 1. The predicted molar refractivity (Wildman–Crippen MR) is 111 cm³/mol. The minimum atomic E-state index is -1.45. The average molecular weight is 503 g/mol. The molecule has 0 unspecified atom stereocenters. The molecule has 0 aromatic rings. The minimum Gasteiger partial charge on any atom is -0.463 e. The van der Waals surface area contributed by atoms with E-state index in [2.05, 4.69) is 0 Å². The molecule has 2 rings (SSSR count). The van der Waals surface area contributed by atoms with Gasteiger partial charge in [-0.25, -0.2) is 4.79 Å². The molecule has 0 bridgehead atoms. The van der Waals surface area contributed by atoms with E-state index in [4.69, 9.17) is 43.6 Å². The van der Waals surface area contributed by atoms with Crippen LogP contribution in [-0.2, 0) is 57.1 Å². The average Bonchev–Trinajstić information content (AvgIpc) is 2.75. The highest BCUT2D eigenvalue weighted by Crippen LogP contribution is 2.31. The second-order valence-corrected chi connectivity index (χ2v) is 7.63. The summed E-state index contributed by atoms with van der Waals surface area (Å²) in [6.45, 7) is 4.26. The zero-order valence-electron chi connectivity index (χ0n) is 19.7. The highest BCUT2D eigenvalue weighted by molar-refractivity contribution is 5.68. The second-order valence-electron chi connectivity index (χ2n) is 7.63. The normalized spacial score (nSPS) is 30.0. The maximum Gasteiger partial charge on any atom is 0.405 e. The Morgan fingerprint density at radius 1 is 0.800 bits per heavy atom. The van der Waals surface area contributed by atoms with Crippen LogP contribution in [0.3, 0.4) is 0 Å². The maximum absolute atomic E-state index is 11.8. The summed E-state index contributed by atoms with van der Waals surface area (Å²) in [6, 6.07) is 0. The lowest BCUT2D eigenvalue weighted by molar-refractivity contribution is -0.314. The van der Waals surface area contributed by atoms with Crippen molar-refractivity contribution in [3.63, 3.8) is 0 Å². The Morgan fingerprint density at radius 3 is 1.91 bits per heavy atom. The summed E-state index contributed by atoms with van der Waals surface area (Å²) >= 11 is 0. The van der Waals surface area contributed by atoms with Crippen LogP contribution in [0.15, 0.2) is 12.2 Å². The summed E-state index contributed by atoms with van der Waals surface area (Å²) in [5, 5.41) is 0. The van der Waals surface area contributed by atoms with Gasteiger partial charge in [0.25, 0.3) is 0 Å². The van der Waals surface area contributed by atoms with Crippen LogP contribution >= 0.6 is 0 Å². The van der Waals surface area contributed by atoms with Gasteiger partial charge in [-0.1, -0.05) is 12.2 Å². The number of carbonyl (C=O) groups excluding carboxylic acids is 5. The molecule has 2 aliphatic rings. The van der Waals surface area contributed by atoms with Crippen LogP contribution in [0.4, 0.5) is 4.79 Å².